The lowest BCUT2D eigenvalue weighted by molar-refractivity contribution is -0.135. The van der Waals surface area contributed by atoms with Gasteiger partial charge in [0.1, 0.15) is 0 Å². The van der Waals surface area contributed by atoms with Crippen molar-refractivity contribution in [3.63, 3.8) is 0 Å². The summed E-state index contributed by atoms with van der Waals surface area (Å²) >= 11 is 5.72. The molecule has 0 amide bonds. The van der Waals surface area contributed by atoms with E-state index in [0.29, 0.717) is 11.4 Å². The molecule has 0 aliphatic carbocycles. The van der Waals surface area contributed by atoms with Crippen molar-refractivity contribution in [3.8, 4) is 0 Å². The van der Waals surface area contributed by atoms with Crippen LogP contribution in [-0.2, 0) is 11.2 Å². The van der Waals surface area contributed by atoms with Gasteiger partial charge in [-0.1, -0.05) is 23.7 Å². The fourth-order valence-corrected chi connectivity index (χ4v) is 1.18. The van der Waals surface area contributed by atoms with Crippen molar-refractivity contribution in [2.75, 3.05) is 0 Å². The maximum absolute atomic E-state index is 10.2. The van der Waals surface area contributed by atoms with Gasteiger partial charge in [0.25, 0.3) is 0 Å². The van der Waals surface area contributed by atoms with E-state index in [-0.39, 0.29) is 0 Å². The van der Waals surface area contributed by atoms with E-state index in [2.05, 4.69) is 0 Å². The number of rotatable bonds is 3. The molecule has 0 saturated carbocycles. The minimum Gasteiger partial charge on any atom is -0.502 e. The molecule has 0 bridgehead atoms. The van der Waals surface area contributed by atoms with Gasteiger partial charge in [0.2, 0.25) is 0 Å². The average Bonchev–Trinajstić information content (AvgIpc) is 2.14. The molecule has 1 aromatic carbocycles. The van der Waals surface area contributed by atoms with Crippen molar-refractivity contribution in [3.05, 3.63) is 46.7 Å². The number of carboxylic acids is 1. The largest absolute Gasteiger partial charge is 0.502 e. The second-order valence-corrected chi connectivity index (χ2v) is 3.16. The van der Waals surface area contributed by atoms with Gasteiger partial charge in [-0.2, -0.15) is 0 Å². The highest BCUT2D eigenvalue weighted by Crippen LogP contribution is 2.11. The topological polar surface area (TPSA) is 57.5 Å². The third-order valence-electron chi connectivity index (χ3n) is 1.64. The van der Waals surface area contributed by atoms with Crippen molar-refractivity contribution < 1.29 is 15.0 Å². The van der Waals surface area contributed by atoms with Crippen LogP contribution < -0.4 is 0 Å². The third-order valence-corrected chi connectivity index (χ3v) is 1.87. The molecule has 1 rings (SSSR count). The summed E-state index contributed by atoms with van der Waals surface area (Å²) in [4.78, 5) is 10.2. The molecule has 14 heavy (non-hydrogen) atoms. The number of aliphatic hydroxyl groups is 1. The van der Waals surface area contributed by atoms with Crippen LogP contribution in [0.1, 0.15) is 5.56 Å². The van der Waals surface area contributed by atoms with E-state index in [1.807, 2.05) is 0 Å². The minimum atomic E-state index is -1.33. The number of allylic oxidation sites excluding steroid dienone is 1. The molecule has 0 radical (unpaired) electrons. The molecular weight excluding hydrogens is 204 g/mol. The molecule has 0 unspecified atom stereocenters. The summed E-state index contributed by atoms with van der Waals surface area (Å²) in [5.41, 5.74) is 0.852. The number of hydrogen-bond acceptors (Lipinski definition) is 2. The molecule has 0 aromatic heterocycles. The Hall–Kier alpha value is -1.48. The summed E-state index contributed by atoms with van der Waals surface area (Å²) in [6.07, 6.45) is 1.58. The zero-order chi connectivity index (χ0) is 10.6. The van der Waals surface area contributed by atoms with Crippen molar-refractivity contribution in [2.45, 2.75) is 6.42 Å². The number of carboxylic acid groups (broad SMARTS) is 1. The maximum atomic E-state index is 10.2. The molecule has 0 spiro atoms. The van der Waals surface area contributed by atoms with Crippen LogP contribution in [0.5, 0.6) is 0 Å². The Bertz CT molecular complexity index is 371. The van der Waals surface area contributed by atoms with Crippen molar-refractivity contribution in [2.24, 2.45) is 0 Å². The van der Waals surface area contributed by atoms with Gasteiger partial charge in [-0.25, -0.2) is 4.79 Å². The molecule has 4 heteroatoms. The lowest BCUT2D eigenvalue weighted by atomic mass is 10.1. The van der Waals surface area contributed by atoms with Crippen LogP contribution in [0.25, 0.3) is 0 Å². The molecule has 0 atom stereocenters. The predicted molar refractivity (Wildman–Crippen MR) is 53.5 cm³/mol. The Labute approximate surface area is 86.3 Å². The second-order valence-electron chi connectivity index (χ2n) is 2.73. The van der Waals surface area contributed by atoms with Crippen LogP contribution in [0.15, 0.2) is 36.1 Å². The molecule has 0 aliphatic heterocycles. The van der Waals surface area contributed by atoms with E-state index in [1.54, 1.807) is 24.3 Å². The van der Waals surface area contributed by atoms with Gasteiger partial charge >= 0.3 is 5.97 Å². The maximum Gasteiger partial charge on any atom is 0.370 e. The summed E-state index contributed by atoms with van der Waals surface area (Å²) in [5.74, 6) is -1.97. The fraction of sp³-hybridized carbons (Fsp3) is 0.100. The summed E-state index contributed by atoms with van der Waals surface area (Å²) < 4.78 is 0. The Balaban J connectivity index is 2.71. The summed E-state index contributed by atoms with van der Waals surface area (Å²) in [5, 5.41) is 17.8. The Morgan fingerprint density at radius 2 is 2.14 bits per heavy atom. The van der Waals surface area contributed by atoms with Crippen LogP contribution >= 0.6 is 11.6 Å². The smallest absolute Gasteiger partial charge is 0.370 e. The second kappa shape index (κ2) is 4.67. The minimum absolute atomic E-state index is 0.346. The number of aliphatic hydroxyl groups excluding tert-OH is 1. The first-order valence-electron chi connectivity index (χ1n) is 3.96. The van der Waals surface area contributed by atoms with E-state index >= 15 is 0 Å². The van der Waals surface area contributed by atoms with Crippen LogP contribution in [0.2, 0.25) is 5.02 Å². The monoisotopic (exact) mass is 212 g/mol. The van der Waals surface area contributed by atoms with Gasteiger partial charge in [0.05, 0.1) is 0 Å². The fourth-order valence-electron chi connectivity index (χ4n) is 0.966. The van der Waals surface area contributed by atoms with E-state index in [1.165, 1.54) is 6.08 Å². The summed E-state index contributed by atoms with van der Waals surface area (Å²) in [6.45, 7) is 0. The Kier molecular flexibility index (Phi) is 3.54. The molecule has 0 heterocycles. The van der Waals surface area contributed by atoms with Crippen molar-refractivity contribution in [1.82, 2.24) is 0 Å². The van der Waals surface area contributed by atoms with Crippen LogP contribution in [0.3, 0.4) is 0 Å². The van der Waals surface area contributed by atoms with Crippen LogP contribution in [0.4, 0.5) is 0 Å². The SMILES string of the molecule is O=C(O)C(O)=CCc1cccc(Cl)c1. The van der Waals surface area contributed by atoms with Crippen molar-refractivity contribution in [1.29, 1.82) is 0 Å². The average molecular weight is 213 g/mol. The first-order chi connectivity index (χ1) is 6.59. The van der Waals surface area contributed by atoms with Gasteiger partial charge in [0, 0.05) is 5.02 Å². The molecule has 1 aromatic rings. The molecule has 0 fully saturated rings. The first kappa shape index (κ1) is 10.6. The molecule has 74 valence electrons. The van der Waals surface area contributed by atoms with Gasteiger partial charge < -0.3 is 10.2 Å². The first-order valence-corrected chi connectivity index (χ1v) is 4.34. The number of benzene rings is 1. The zero-order valence-corrected chi connectivity index (χ0v) is 8.03. The quantitative estimate of drug-likeness (QED) is 0.598. The summed E-state index contributed by atoms with van der Waals surface area (Å²) in [6, 6.07) is 7.01. The third kappa shape index (κ3) is 3.11. The normalized spacial score (nSPS) is 11.4. The van der Waals surface area contributed by atoms with Crippen LogP contribution in [0, 0.1) is 0 Å². The molecule has 0 saturated heterocycles. The number of hydrogen-bond donors (Lipinski definition) is 2. The predicted octanol–water partition coefficient (Wildman–Crippen LogP) is 2.41. The number of aliphatic carboxylic acids is 1. The highest BCUT2D eigenvalue weighted by Gasteiger charge is 2.02. The van der Waals surface area contributed by atoms with Gasteiger partial charge in [-0.05, 0) is 30.2 Å². The number of halogens is 1. The highest BCUT2D eigenvalue weighted by atomic mass is 35.5. The molecule has 0 aliphatic rings. The lowest BCUT2D eigenvalue weighted by Crippen LogP contribution is -1.99. The van der Waals surface area contributed by atoms with E-state index in [0.717, 1.165) is 5.56 Å². The molecular formula is C10H9ClO3. The Morgan fingerprint density at radius 3 is 2.71 bits per heavy atom. The van der Waals surface area contributed by atoms with E-state index in [9.17, 15) is 4.79 Å². The summed E-state index contributed by atoms with van der Waals surface area (Å²) in [7, 11) is 0. The number of carbonyl (C=O) groups is 1. The van der Waals surface area contributed by atoms with E-state index < -0.39 is 11.7 Å². The van der Waals surface area contributed by atoms with Gasteiger partial charge in [0.15, 0.2) is 5.76 Å². The standard InChI is InChI=1S/C10H9ClO3/c11-8-3-1-2-7(6-8)4-5-9(12)10(13)14/h1-3,5-6,12H,4H2,(H,13,14). The van der Waals surface area contributed by atoms with E-state index in [4.69, 9.17) is 21.8 Å². The molecule has 2 N–H and O–H groups in total. The lowest BCUT2D eigenvalue weighted by Gasteiger charge is -1.97. The van der Waals surface area contributed by atoms with Crippen LogP contribution in [-0.4, -0.2) is 16.2 Å². The Morgan fingerprint density at radius 1 is 1.43 bits per heavy atom. The zero-order valence-electron chi connectivity index (χ0n) is 7.27. The van der Waals surface area contributed by atoms with Gasteiger partial charge in [-0.15, -0.1) is 0 Å². The molecule has 3 nitrogen and oxygen atoms in total. The van der Waals surface area contributed by atoms with Crippen molar-refractivity contribution >= 4 is 17.6 Å². The van der Waals surface area contributed by atoms with Gasteiger partial charge in [-0.3, -0.25) is 0 Å². The highest BCUT2D eigenvalue weighted by molar-refractivity contribution is 6.30.